The van der Waals surface area contributed by atoms with E-state index in [0.29, 0.717) is 0 Å². The SMILES string of the molecule is CCC(NC#N)c1cccs1. The maximum absolute atomic E-state index is 8.41. The smallest absolute Gasteiger partial charge is 0.177 e. The van der Waals surface area contributed by atoms with Crippen molar-refractivity contribution in [2.75, 3.05) is 0 Å². The van der Waals surface area contributed by atoms with E-state index in [9.17, 15) is 0 Å². The lowest BCUT2D eigenvalue weighted by molar-refractivity contribution is 0.622. The lowest BCUT2D eigenvalue weighted by Crippen LogP contribution is -2.12. The van der Waals surface area contributed by atoms with Crippen molar-refractivity contribution in [3.8, 4) is 6.19 Å². The fraction of sp³-hybridized carbons (Fsp3) is 0.375. The molecule has 0 aliphatic heterocycles. The van der Waals surface area contributed by atoms with Crippen molar-refractivity contribution in [3.63, 3.8) is 0 Å². The molecule has 1 atom stereocenters. The molecule has 0 saturated carbocycles. The van der Waals surface area contributed by atoms with Crippen LogP contribution in [0.25, 0.3) is 0 Å². The summed E-state index contributed by atoms with van der Waals surface area (Å²) in [5, 5.41) is 13.2. The summed E-state index contributed by atoms with van der Waals surface area (Å²) in [6.45, 7) is 2.06. The Balaban J connectivity index is 2.65. The van der Waals surface area contributed by atoms with Crippen LogP contribution in [-0.2, 0) is 0 Å². The van der Waals surface area contributed by atoms with Gasteiger partial charge in [-0.2, -0.15) is 5.26 Å². The molecule has 0 aliphatic carbocycles. The first-order valence-corrected chi connectivity index (χ1v) is 4.44. The van der Waals surface area contributed by atoms with Gasteiger partial charge in [-0.25, -0.2) is 0 Å². The molecule has 58 valence electrons. The molecule has 0 aromatic carbocycles. The van der Waals surface area contributed by atoms with Crippen LogP contribution in [0, 0.1) is 11.5 Å². The van der Waals surface area contributed by atoms with Crippen molar-refractivity contribution in [1.82, 2.24) is 5.32 Å². The molecule has 3 heteroatoms. The van der Waals surface area contributed by atoms with Gasteiger partial charge in [0.05, 0.1) is 6.04 Å². The number of thiophene rings is 1. The number of nitriles is 1. The lowest BCUT2D eigenvalue weighted by atomic mass is 10.2. The fourth-order valence-electron chi connectivity index (χ4n) is 0.942. The van der Waals surface area contributed by atoms with Gasteiger partial charge in [-0.15, -0.1) is 11.3 Å². The second-order valence-electron chi connectivity index (χ2n) is 2.23. The minimum Gasteiger partial charge on any atom is -0.316 e. The monoisotopic (exact) mass is 166 g/mol. The van der Waals surface area contributed by atoms with Crippen molar-refractivity contribution < 1.29 is 0 Å². The topological polar surface area (TPSA) is 35.8 Å². The predicted molar refractivity (Wildman–Crippen MR) is 46.1 cm³/mol. The Kier molecular flexibility index (Phi) is 2.94. The van der Waals surface area contributed by atoms with Crippen LogP contribution in [0.3, 0.4) is 0 Å². The summed E-state index contributed by atoms with van der Waals surface area (Å²) in [7, 11) is 0. The summed E-state index contributed by atoms with van der Waals surface area (Å²) in [5.74, 6) is 0. The van der Waals surface area contributed by atoms with E-state index in [1.54, 1.807) is 11.3 Å². The van der Waals surface area contributed by atoms with Gasteiger partial charge in [-0.3, -0.25) is 0 Å². The molecule has 1 aromatic heterocycles. The Bertz CT molecular complexity index is 235. The molecule has 1 rings (SSSR count). The highest BCUT2D eigenvalue weighted by Gasteiger charge is 2.07. The van der Waals surface area contributed by atoms with Gasteiger partial charge in [0.25, 0.3) is 0 Å². The molecule has 1 aromatic rings. The van der Waals surface area contributed by atoms with Gasteiger partial charge >= 0.3 is 0 Å². The second kappa shape index (κ2) is 3.99. The van der Waals surface area contributed by atoms with E-state index < -0.39 is 0 Å². The molecule has 1 heterocycles. The third-order valence-corrected chi connectivity index (χ3v) is 2.52. The van der Waals surface area contributed by atoms with Crippen LogP contribution < -0.4 is 5.32 Å². The second-order valence-corrected chi connectivity index (χ2v) is 3.21. The molecule has 0 amide bonds. The van der Waals surface area contributed by atoms with Crippen LogP contribution in [0.1, 0.15) is 24.3 Å². The molecule has 0 aliphatic rings. The van der Waals surface area contributed by atoms with Crippen molar-refractivity contribution >= 4 is 11.3 Å². The molecule has 0 spiro atoms. The van der Waals surface area contributed by atoms with Gasteiger partial charge in [0, 0.05) is 4.88 Å². The third-order valence-electron chi connectivity index (χ3n) is 1.53. The average Bonchev–Trinajstić information content (AvgIpc) is 2.52. The average molecular weight is 166 g/mol. The normalized spacial score (nSPS) is 12.0. The third kappa shape index (κ3) is 1.95. The molecule has 0 fully saturated rings. The highest BCUT2D eigenvalue weighted by Crippen LogP contribution is 2.20. The molecule has 11 heavy (non-hydrogen) atoms. The zero-order valence-electron chi connectivity index (χ0n) is 6.37. The van der Waals surface area contributed by atoms with Crippen LogP contribution in [0.2, 0.25) is 0 Å². The standard InChI is InChI=1S/C8H10N2S/c1-2-7(10-6-9)8-4-3-5-11-8/h3-5,7,10H,2H2,1H3. The van der Waals surface area contributed by atoms with E-state index in [0.717, 1.165) is 6.42 Å². The molecular formula is C8H10N2S. The van der Waals surface area contributed by atoms with Gasteiger partial charge in [-0.05, 0) is 17.9 Å². The summed E-state index contributed by atoms with van der Waals surface area (Å²) in [6, 6.07) is 4.25. The lowest BCUT2D eigenvalue weighted by Gasteiger charge is -2.08. The highest BCUT2D eigenvalue weighted by molar-refractivity contribution is 7.10. The van der Waals surface area contributed by atoms with Crippen LogP contribution in [-0.4, -0.2) is 0 Å². The number of nitrogens with one attached hydrogen (secondary N) is 1. The zero-order chi connectivity index (χ0) is 8.10. The van der Waals surface area contributed by atoms with Crippen molar-refractivity contribution in [2.45, 2.75) is 19.4 Å². The van der Waals surface area contributed by atoms with Crippen LogP contribution >= 0.6 is 11.3 Å². The molecule has 1 N–H and O–H groups in total. The quantitative estimate of drug-likeness (QED) is 0.552. The minimum absolute atomic E-state index is 0.208. The minimum atomic E-state index is 0.208. The Labute approximate surface area is 70.5 Å². The van der Waals surface area contributed by atoms with E-state index in [1.165, 1.54) is 4.88 Å². The first-order valence-electron chi connectivity index (χ1n) is 3.56. The number of nitrogens with zero attached hydrogens (tertiary/aromatic N) is 1. The largest absolute Gasteiger partial charge is 0.316 e. The molecule has 0 saturated heterocycles. The summed E-state index contributed by atoms with van der Waals surface area (Å²) in [6.07, 6.45) is 2.92. The van der Waals surface area contributed by atoms with Gasteiger partial charge in [0.15, 0.2) is 6.19 Å². The highest BCUT2D eigenvalue weighted by atomic mass is 32.1. The maximum atomic E-state index is 8.41. The van der Waals surface area contributed by atoms with Gasteiger partial charge in [0.1, 0.15) is 0 Å². The first kappa shape index (κ1) is 8.09. The van der Waals surface area contributed by atoms with Crippen LogP contribution in [0.15, 0.2) is 17.5 Å². The Morgan fingerprint density at radius 2 is 2.64 bits per heavy atom. The van der Waals surface area contributed by atoms with Crippen molar-refractivity contribution in [1.29, 1.82) is 5.26 Å². The number of hydrogen-bond acceptors (Lipinski definition) is 3. The number of hydrogen-bond donors (Lipinski definition) is 1. The Morgan fingerprint density at radius 1 is 1.82 bits per heavy atom. The van der Waals surface area contributed by atoms with Crippen LogP contribution in [0.4, 0.5) is 0 Å². The summed E-state index contributed by atoms with van der Waals surface area (Å²) in [4.78, 5) is 1.23. The van der Waals surface area contributed by atoms with E-state index >= 15 is 0 Å². The number of rotatable bonds is 3. The van der Waals surface area contributed by atoms with Gasteiger partial charge < -0.3 is 5.32 Å². The van der Waals surface area contributed by atoms with E-state index in [-0.39, 0.29) is 6.04 Å². The molecular weight excluding hydrogens is 156 g/mol. The van der Waals surface area contributed by atoms with E-state index in [2.05, 4.69) is 12.2 Å². The summed E-state index contributed by atoms with van der Waals surface area (Å²) >= 11 is 1.68. The molecule has 2 nitrogen and oxygen atoms in total. The first-order chi connectivity index (χ1) is 5.38. The summed E-state index contributed by atoms with van der Waals surface area (Å²) < 4.78 is 0. The Morgan fingerprint density at radius 3 is 3.09 bits per heavy atom. The van der Waals surface area contributed by atoms with Gasteiger partial charge in [0.2, 0.25) is 0 Å². The van der Waals surface area contributed by atoms with Gasteiger partial charge in [-0.1, -0.05) is 13.0 Å². The molecule has 1 unspecified atom stereocenters. The maximum Gasteiger partial charge on any atom is 0.177 e. The zero-order valence-corrected chi connectivity index (χ0v) is 7.19. The van der Waals surface area contributed by atoms with E-state index in [1.807, 2.05) is 23.7 Å². The summed E-state index contributed by atoms with van der Waals surface area (Å²) in [5.41, 5.74) is 0. The Hall–Kier alpha value is -1.01. The van der Waals surface area contributed by atoms with Crippen molar-refractivity contribution in [3.05, 3.63) is 22.4 Å². The van der Waals surface area contributed by atoms with Crippen molar-refractivity contribution in [2.24, 2.45) is 0 Å². The molecule has 0 bridgehead atoms. The predicted octanol–water partition coefficient (Wildman–Crippen LogP) is 2.27. The fourth-order valence-corrected chi connectivity index (χ4v) is 1.80. The van der Waals surface area contributed by atoms with Crippen LogP contribution in [0.5, 0.6) is 0 Å². The van der Waals surface area contributed by atoms with E-state index in [4.69, 9.17) is 5.26 Å². The molecule has 0 radical (unpaired) electrons.